The van der Waals surface area contributed by atoms with Gasteiger partial charge in [-0.2, -0.15) is 0 Å². The van der Waals surface area contributed by atoms with Crippen LogP contribution in [0.3, 0.4) is 0 Å². The number of halogens is 1. The maximum absolute atomic E-state index is 11.9. The Hall–Kier alpha value is -1.06. The fraction of sp³-hybridized carbons (Fsp3) is 0.364. The lowest BCUT2D eigenvalue weighted by molar-refractivity contribution is -0.0768. The van der Waals surface area contributed by atoms with Crippen molar-refractivity contribution < 1.29 is 9.63 Å². The SMILES string of the molecule is Cc1cc(Cl)ccc1C(=O)N1CCCO1. The molecule has 1 saturated heterocycles. The predicted molar refractivity (Wildman–Crippen MR) is 57.8 cm³/mol. The topological polar surface area (TPSA) is 29.5 Å². The van der Waals surface area contributed by atoms with E-state index in [4.69, 9.17) is 16.4 Å². The summed E-state index contributed by atoms with van der Waals surface area (Å²) < 4.78 is 0. The first kappa shape index (κ1) is 10.5. The van der Waals surface area contributed by atoms with Crippen LogP contribution in [-0.4, -0.2) is 24.1 Å². The number of hydroxylamine groups is 2. The van der Waals surface area contributed by atoms with Crippen molar-refractivity contribution >= 4 is 17.5 Å². The summed E-state index contributed by atoms with van der Waals surface area (Å²) in [6.07, 6.45) is 0.901. The Morgan fingerprint density at radius 2 is 2.33 bits per heavy atom. The summed E-state index contributed by atoms with van der Waals surface area (Å²) in [5.41, 5.74) is 1.53. The van der Waals surface area contributed by atoms with Crippen LogP contribution < -0.4 is 0 Å². The zero-order valence-electron chi connectivity index (χ0n) is 8.50. The Labute approximate surface area is 93.5 Å². The van der Waals surface area contributed by atoms with Gasteiger partial charge in [0, 0.05) is 10.6 Å². The molecule has 15 heavy (non-hydrogen) atoms. The molecule has 0 aliphatic carbocycles. The first-order chi connectivity index (χ1) is 7.18. The first-order valence-corrected chi connectivity index (χ1v) is 5.27. The van der Waals surface area contributed by atoms with Crippen LogP contribution in [0.5, 0.6) is 0 Å². The molecule has 1 amide bonds. The molecule has 3 nitrogen and oxygen atoms in total. The summed E-state index contributed by atoms with van der Waals surface area (Å²) in [6, 6.07) is 5.24. The molecular formula is C11H12ClNO2. The second-order valence-electron chi connectivity index (χ2n) is 3.55. The highest BCUT2D eigenvalue weighted by Crippen LogP contribution is 2.18. The third kappa shape index (κ3) is 2.13. The molecule has 1 aromatic rings. The summed E-state index contributed by atoms with van der Waals surface area (Å²) in [5.74, 6) is -0.0818. The largest absolute Gasteiger partial charge is 0.277 e. The first-order valence-electron chi connectivity index (χ1n) is 4.89. The van der Waals surface area contributed by atoms with Crippen molar-refractivity contribution in [2.75, 3.05) is 13.2 Å². The maximum atomic E-state index is 11.9. The standard InChI is InChI=1S/C11H12ClNO2/c1-8-7-9(12)3-4-10(8)11(14)13-5-2-6-15-13/h3-4,7H,2,5-6H2,1H3. The van der Waals surface area contributed by atoms with Crippen molar-refractivity contribution in [3.8, 4) is 0 Å². The number of nitrogens with zero attached hydrogens (tertiary/aromatic N) is 1. The van der Waals surface area contributed by atoms with Crippen molar-refractivity contribution in [2.45, 2.75) is 13.3 Å². The molecule has 0 atom stereocenters. The van der Waals surface area contributed by atoms with Crippen LogP contribution in [-0.2, 0) is 4.84 Å². The summed E-state index contributed by atoms with van der Waals surface area (Å²) >= 11 is 5.83. The molecule has 2 rings (SSSR count). The maximum Gasteiger partial charge on any atom is 0.277 e. The third-order valence-electron chi connectivity index (χ3n) is 2.40. The highest BCUT2D eigenvalue weighted by Gasteiger charge is 2.21. The van der Waals surface area contributed by atoms with Gasteiger partial charge in [-0.1, -0.05) is 11.6 Å². The Morgan fingerprint density at radius 1 is 1.53 bits per heavy atom. The number of hydrogen-bond donors (Lipinski definition) is 0. The molecule has 1 heterocycles. The number of rotatable bonds is 1. The van der Waals surface area contributed by atoms with Gasteiger partial charge in [0.1, 0.15) is 0 Å². The van der Waals surface area contributed by atoms with Crippen LogP contribution in [0.4, 0.5) is 0 Å². The van der Waals surface area contributed by atoms with Crippen molar-refractivity contribution in [1.82, 2.24) is 5.06 Å². The Kier molecular flexibility index (Phi) is 2.93. The average Bonchev–Trinajstić information content (AvgIpc) is 2.69. The summed E-state index contributed by atoms with van der Waals surface area (Å²) in [6.45, 7) is 3.16. The van der Waals surface area contributed by atoms with Gasteiger partial charge in [-0.15, -0.1) is 0 Å². The molecule has 1 aliphatic rings. The highest BCUT2D eigenvalue weighted by molar-refractivity contribution is 6.30. The van der Waals surface area contributed by atoms with Gasteiger partial charge in [0.05, 0.1) is 13.2 Å². The highest BCUT2D eigenvalue weighted by atomic mass is 35.5. The zero-order chi connectivity index (χ0) is 10.8. The van der Waals surface area contributed by atoms with Crippen LogP contribution >= 0.6 is 11.6 Å². The summed E-state index contributed by atoms with van der Waals surface area (Å²) in [7, 11) is 0. The van der Waals surface area contributed by atoms with E-state index in [1.807, 2.05) is 6.92 Å². The van der Waals surface area contributed by atoms with Crippen molar-refractivity contribution in [3.05, 3.63) is 34.3 Å². The number of benzene rings is 1. The van der Waals surface area contributed by atoms with E-state index in [2.05, 4.69) is 0 Å². The minimum absolute atomic E-state index is 0.0818. The molecule has 0 radical (unpaired) electrons. The number of carbonyl (C=O) groups is 1. The van der Waals surface area contributed by atoms with Gasteiger partial charge in [0.2, 0.25) is 0 Å². The second-order valence-corrected chi connectivity index (χ2v) is 3.99. The Morgan fingerprint density at radius 3 is 2.93 bits per heavy atom. The van der Waals surface area contributed by atoms with Crippen LogP contribution in [0.25, 0.3) is 0 Å². The third-order valence-corrected chi connectivity index (χ3v) is 2.63. The molecule has 0 unspecified atom stereocenters. The molecule has 4 heteroatoms. The van der Waals surface area contributed by atoms with Gasteiger partial charge in [0.25, 0.3) is 5.91 Å². The quantitative estimate of drug-likeness (QED) is 0.735. The van der Waals surface area contributed by atoms with Gasteiger partial charge in [-0.05, 0) is 37.1 Å². The molecule has 1 aromatic carbocycles. The number of hydrogen-bond acceptors (Lipinski definition) is 2. The Balaban J connectivity index is 2.24. The smallest absolute Gasteiger partial charge is 0.271 e. The fourth-order valence-corrected chi connectivity index (χ4v) is 1.84. The lowest BCUT2D eigenvalue weighted by atomic mass is 10.1. The molecule has 0 bridgehead atoms. The molecule has 1 aliphatic heterocycles. The van der Waals surface area contributed by atoms with Gasteiger partial charge in [0.15, 0.2) is 0 Å². The van der Waals surface area contributed by atoms with E-state index in [0.29, 0.717) is 23.7 Å². The normalized spacial score (nSPS) is 15.7. The van der Waals surface area contributed by atoms with Crippen LogP contribution in [0, 0.1) is 6.92 Å². The fourth-order valence-electron chi connectivity index (χ4n) is 1.61. The number of carbonyl (C=O) groups excluding carboxylic acids is 1. The molecule has 80 valence electrons. The van der Waals surface area contributed by atoms with Gasteiger partial charge < -0.3 is 0 Å². The summed E-state index contributed by atoms with van der Waals surface area (Å²) in [5, 5.41) is 2.06. The monoisotopic (exact) mass is 225 g/mol. The lowest BCUT2D eigenvalue weighted by Gasteiger charge is -2.15. The molecule has 0 N–H and O–H groups in total. The second kappa shape index (κ2) is 4.21. The van der Waals surface area contributed by atoms with Gasteiger partial charge in [-0.25, -0.2) is 5.06 Å². The van der Waals surface area contributed by atoms with Crippen molar-refractivity contribution in [3.63, 3.8) is 0 Å². The molecular weight excluding hydrogens is 214 g/mol. The van der Waals surface area contributed by atoms with Crippen LogP contribution in [0.1, 0.15) is 22.3 Å². The van der Waals surface area contributed by atoms with E-state index in [-0.39, 0.29) is 5.91 Å². The predicted octanol–water partition coefficient (Wildman–Crippen LogP) is 2.43. The average molecular weight is 226 g/mol. The van der Waals surface area contributed by atoms with E-state index in [0.717, 1.165) is 12.0 Å². The zero-order valence-corrected chi connectivity index (χ0v) is 9.25. The minimum atomic E-state index is -0.0818. The van der Waals surface area contributed by atoms with Gasteiger partial charge >= 0.3 is 0 Å². The van der Waals surface area contributed by atoms with E-state index in [1.54, 1.807) is 18.2 Å². The van der Waals surface area contributed by atoms with Crippen molar-refractivity contribution in [2.24, 2.45) is 0 Å². The molecule has 0 spiro atoms. The minimum Gasteiger partial charge on any atom is -0.271 e. The lowest BCUT2D eigenvalue weighted by Crippen LogP contribution is -2.27. The van der Waals surface area contributed by atoms with E-state index in [1.165, 1.54) is 5.06 Å². The van der Waals surface area contributed by atoms with E-state index >= 15 is 0 Å². The molecule has 0 aromatic heterocycles. The summed E-state index contributed by atoms with van der Waals surface area (Å²) in [4.78, 5) is 17.1. The Bertz CT molecular complexity index is 386. The number of amides is 1. The molecule has 1 fully saturated rings. The number of aryl methyl sites for hydroxylation is 1. The van der Waals surface area contributed by atoms with Crippen LogP contribution in [0.15, 0.2) is 18.2 Å². The molecule has 0 saturated carbocycles. The van der Waals surface area contributed by atoms with E-state index in [9.17, 15) is 4.79 Å². The van der Waals surface area contributed by atoms with Gasteiger partial charge in [-0.3, -0.25) is 9.63 Å². The van der Waals surface area contributed by atoms with Crippen LogP contribution in [0.2, 0.25) is 5.02 Å². The van der Waals surface area contributed by atoms with E-state index < -0.39 is 0 Å². The van der Waals surface area contributed by atoms with Crippen molar-refractivity contribution in [1.29, 1.82) is 0 Å².